The topological polar surface area (TPSA) is 177 Å². The number of hydrogen-bond acceptors (Lipinski definition) is 12. The van der Waals surface area contributed by atoms with Gasteiger partial charge in [-0.15, -0.1) is 0 Å². The first-order valence-electron chi connectivity index (χ1n) is 20.1. The van der Waals surface area contributed by atoms with Gasteiger partial charge in [0.15, 0.2) is 18.4 Å². The van der Waals surface area contributed by atoms with E-state index in [1.165, 1.54) is 6.42 Å². The number of rotatable bonds is 4. The normalized spacial score (nSPS) is 61.4. The fourth-order valence-electron chi connectivity index (χ4n) is 13.1. The molecule has 8 aliphatic rings. The summed E-state index contributed by atoms with van der Waals surface area (Å²) in [4.78, 5) is 0. The molecule has 0 aromatic carbocycles. The molecule has 12 heteroatoms. The summed E-state index contributed by atoms with van der Waals surface area (Å²) in [5.74, 6) is 3.10. The number of aliphatic hydroxyl groups is 6. The molecule has 4 heterocycles. The van der Waals surface area contributed by atoms with Crippen LogP contribution < -0.4 is 0 Å². The Kier molecular flexibility index (Phi) is 9.79. The summed E-state index contributed by atoms with van der Waals surface area (Å²) in [6.07, 6.45) is -4.79. The molecule has 0 radical (unpaired) electrons. The Hall–Kier alpha value is -0.480. The van der Waals surface area contributed by atoms with Gasteiger partial charge in [0.2, 0.25) is 0 Å². The molecule has 6 N–H and O–H groups in total. The Morgan fingerprint density at radius 1 is 0.667 bits per heavy atom. The third-order valence-electron chi connectivity index (χ3n) is 16.1. The van der Waals surface area contributed by atoms with Crippen LogP contribution in [-0.4, -0.2) is 123 Å². The first kappa shape index (κ1) is 37.4. The van der Waals surface area contributed by atoms with Gasteiger partial charge in [-0.3, -0.25) is 0 Å². The highest BCUT2D eigenvalue weighted by atomic mass is 16.8. The minimum atomic E-state index is -1.60. The molecule has 0 aromatic rings. The maximum Gasteiger partial charge on any atom is 0.187 e. The zero-order valence-corrected chi connectivity index (χ0v) is 31.3. The SMILES string of the molecule is CC1CCC2(OC1)OC1CC3C4CCC5CC(OC6OC(C)C(O)C(O)C6OC6OC(C)C(O)C(O)C6O)C(O)CC5(C)C4CCC3(C)C1C2C. The van der Waals surface area contributed by atoms with Gasteiger partial charge in [0.05, 0.1) is 37.1 Å². The number of aliphatic hydroxyl groups excluding tert-OH is 6. The van der Waals surface area contributed by atoms with Crippen LogP contribution >= 0.6 is 0 Å². The molecule has 292 valence electrons. The molecule has 4 saturated carbocycles. The molecular weight excluding hydrogens is 660 g/mol. The van der Waals surface area contributed by atoms with E-state index in [1.807, 2.05) is 0 Å². The van der Waals surface area contributed by atoms with E-state index in [2.05, 4.69) is 27.7 Å². The molecule has 0 amide bonds. The fraction of sp³-hybridized carbons (Fsp3) is 1.00. The monoisotopic (exact) mass is 724 g/mol. The first-order chi connectivity index (χ1) is 24.1. The Labute approximate surface area is 302 Å². The lowest BCUT2D eigenvalue weighted by molar-refractivity contribution is -0.371. The maximum atomic E-state index is 11.8. The lowest BCUT2D eigenvalue weighted by atomic mass is 9.44. The van der Waals surface area contributed by atoms with E-state index in [1.54, 1.807) is 13.8 Å². The highest BCUT2D eigenvalue weighted by molar-refractivity contribution is 5.16. The minimum absolute atomic E-state index is 0.0446. The van der Waals surface area contributed by atoms with Gasteiger partial charge in [0.1, 0.15) is 36.6 Å². The molecule has 12 nitrogen and oxygen atoms in total. The van der Waals surface area contributed by atoms with Crippen LogP contribution in [0.3, 0.4) is 0 Å². The first-order valence-corrected chi connectivity index (χ1v) is 20.1. The smallest absolute Gasteiger partial charge is 0.187 e. The summed E-state index contributed by atoms with van der Waals surface area (Å²) in [7, 11) is 0. The second-order valence-corrected chi connectivity index (χ2v) is 18.8. The average molecular weight is 725 g/mol. The van der Waals surface area contributed by atoms with E-state index < -0.39 is 79.4 Å². The van der Waals surface area contributed by atoms with E-state index in [0.717, 1.165) is 45.1 Å². The van der Waals surface area contributed by atoms with Crippen molar-refractivity contribution in [2.24, 2.45) is 52.3 Å². The Bertz CT molecular complexity index is 1260. The quantitative estimate of drug-likeness (QED) is 0.234. The third kappa shape index (κ3) is 5.83. The summed E-state index contributed by atoms with van der Waals surface area (Å²) >= 11 is 0. The van der Waals surface area contributed by atoms with Crippen molar-refractivity contribution in [1.82, 2.24) is 0 Å². The predicted molar refractivity (Wildman–Crippen MR) is 182 cm³/mol. The highest BCUT2D eigenvalue weighted by Crippen LogP contribution is 2.71. The van der Waals surface area contributed by atoms with Gasteiger partial charge in [0.25, 0.3) is 0 Å². The van der Waals surface area contributed by atoms with Crippen molar-refractivity contribution in [2.75, 3.05) is 6.61 Å². The number of fused-ring (bicyclic) bond motifs is 7. The van der Waals surface area contributed by atoms with Gasteiger partial charge < -0.3 is 59.1 Å². The van der Waals surface area contributed by atoms with Crippen LogP contribution in [0.2, 0.25) is 0 Å². The predicted octanol–water partition coefficient (Wildman–Crippen LogP) is 2.47. The van der Waals surface area contributed by atoms with Crippen molar-refractivity contribution in [3.63, 3.8) is 0 Å². The van der Waals surface area contributed by atoms with Crippen molar-refractivity contribution >= 4 is 0 Å². The van der Waals surface area contributed by atoms with Crippen LogP contribution in [-0.2, 0) is 28.4 Å². The summed E-state index contributed by atoms with van der Waals surface area (Å²) in [6, 6.07) is 0. The third-order valence-corrected chi connectivity index (χ3v) is 16.1. The Morgan fingerprint density at radius 3 is 2.08 bits per heavy atom. The highest BCUT2D eigenvalue weighted by Gasteiger charge is 2.69. The minimum Gasteiger partial charge on any atom is -0.390 e. The maximum absolute atomic E-state index is 11.8. The van der Waals surface area contributed by atoms with Crippen LogP contribution in [0.15, 0.2) is 0 Å². The van der Waals surface area contributed by atoms with Crippen LogP contribution in [0.4, 0.5) is 0 Å². The van der Waals surface area contributed by atoms with Gasteiger partial charge >= 0.3 is 0 Å². The van der Waals surface area contributed by atoms with E-state index >= 15 is 0 Å². The van der Waals surface area contributed by atoms with E-state index in [9.17, 15) is 30.6 Å². The summed E-state index contributed by atoms with van der Waals surface area (Å²) in [5, 5.41) is 64.7. The van der Waals surface area contributed by atoms with Gasteiger partial charge in [-0.25, -0.2) is 0 Å². The summed E-state index contributed by atoms with van der Waals surface area (Å²) in [5.41, 5.74) is 0.178. The van der Waals surface area contributed by atoms with Crippen LogP contribution in [0, 0.1) is 52.3 Å². The van der Waals surface area contributed by atoms with Crippen LogP contribution in [0.5, 0.6) is 0 Å². The van der Waals surface area contributed by atoms with Crippen molar-refractivity contribution in [3.8, 4) is 0 Å². The molecule has 23 atom stereocenters. The van der Waals surface area contributed by atoms with E-state index in [0.29, 0.717) is 54.3 Å². The number of ether oxygens (including phenoxy) is 6. The molecule has 0 bridgehead atoms. The molecule has 4 aliphatic carbocycles. The van der Waals surface area contributed by atoms with Gasteiger partial charge in [-0.2, -0.15) is 0 Å². The summed E-state index contributed by atoms with van der Waals surface area (Å²) in [6.45, 7) is 13.6. The largest absolute Gasteiger partial charge is 0.390 e. The average Bonchev–Trinajstić information content (AvgIpc) is 3.54. The summed E-state index contributed by atoms with van der Waals surface area (Å²) < 4.78 is 37.6. The van der Waals surface area contributed by atoms with Crippen LogP contribution in [0.25, 0.3) is 0 Å². The fourth-order valence-corrected chi connectivity index (χ4v) is 13.1. The van der Waals surface area contributed by atoms with E-state index in [-0.39, 0.29) is 16.9 Å². The van der Waals surface area contributed by atoms with Crippen molar-refractivity contribution in [1.29, 1.82) is 0 Å². The Morgan fingerprint density at radius 2 is 1.37 bits per heavy atom. The molecular formula is C39H64O12. The van der Waals surface area contributed by atoms with E-state index in [4.69, 9.17) is 28.4 Å². The van der Waals surface area contributed by atoms with Crippen molar-refractivity contribution in [3.05, 3.63) is 0 Å². The van der Waals surface area contributed by atoms with Gasteiger partial charge in [-0.1, -0.05) is 27.7 Å². The molecule has 0 aromatic heterocycles. The lowest BCUT2D eigenvalue weighted by Gasteiger charge is -2.62. The molecule has 4 aliphatic heterocycles. The van der Waals surface area contributed by atoms with Crippen molar-refractivity contribution < 1.29 is 59.1 Å². The molecule has 1 spiro atoms. The lowest BCUT2D eigenvalue weighted by Crippen LogP contribution is -2.64. The van der Waals surface area contributed by atoms with Crippen molar-refractivity contribution in [2.45, 2.75) is 185 Å². The molecule has 4 saturated heterocycles. The standard InChI is InChI=1S/C39H64O12/c1-17-9-12-39(46-16-17)18(2)28-27(51-39)14-24-22-8-7-21-13-26(25(40)15-38(21,6)23(22)10-11-37(24,28)5)49-36-34(32(44)30(42)20(4)48-36)50-35-33(45)31(43)29(41)19(3)47-35/h17-36,40-45H,7-16H2,1-6H3. The number of hydrogen-bond donors (Lipinski definition) is 6. The second kappa shape index (κ2) is 13.3. The second-order valence-electron chi connectivity index (χ2n) is 18.8. The zero-order chi connectivity index (χ0) is 36.4. The van der Waals surface area contributed by atoms with Gasteiger partial charge in [0, 0.05) is 12.3 Å². The molecule has 8 fully saturated rings. The molecule has 8 rings (SSSR count). The molecule has 51 heavy (non-hydrogen) atoms. The molecule has 23 unspecified atom stereocenters. The van der Waals surface area contributed by atoms with Gasteiger partial charge in [-0.05, 0) is 112 Å². The van der Waals surface area contributed by atoms with Crippen LogP contribution in [0.1, 0.15) is 99.3 Å². The zero-order valence-electron chi connectivity index (χ0n) is 31.3. The Balaban J connectivity index is 0.955.